The van der Waals surface area contributed by atoms with Crippen LogP contribution in [0.25, 0.3) is 11.0 Å². The number of aromatic nitrogens is 5. The van der Waals surface area contributed by atoms with E-state index in [0.29, 0.717) is 0 Å². The summed E-state index contributed by atoms with van der Waals surface area (Å²) in [5, 5.41) is 7.64. The molecule has 0 fully saturated rings. The SMILES string of the molecule is Cc1nc(SCc2nc3ccccc3[nH]2)n[nH]1.Cl. The van der Waals surface area contributed by atoms with Crippen molar-refractivity contribution in [3.63, 3.8) is 0 Å². The first kappa shape index (κ1) is 12.9. The van der Waals surface area contributed by atoms with E-state index in [-0.39, 0.29) is 12.4 Å². The average Bonchev–Trinajstić information content (AvgIpc) is 2.91. The van der Waals surface area contributed by atoms with Crippen LogP contribution in [0.1, 0.15) is 11.6 Å². The molecule has 2 aromatic heterocycles. The van der Waals surface area contributed by atoms with Gasteiger partial charge in [-0.2, -0.15) is 0 Å². The molecular weight excluding hydrogens is 270 g/mol. The van der Waals surface area contributed by atoms with Crippen LogP contribution in [0.2, 0.25) is 0 Å². The summed E-state index contributed by atoms with van der Waals surface area (Å²) in [4.78, 5) is 12.0. The fourth-order valence-corrected chi connectivity index (χ4v) is 2.31. The van der Waals surface area contributed by atoms with Gasteiger partial charge in [0.05, 0.1) is 16.8 Å². The number of nitrogens with zero attached hydrogens (tertiary/aromatic N) is 3. The van der Waals surface area contributed by atoms with Crippen molar-refractivity contribution in [1.82, 2.24) is 25.1 Å². The van der Waals surface area contributed by atoms with Gasteiger partial charge in [-0.25, -0.2) is 9.97 Å². The van der Waals surface area contributed by atoms with Crippen molar-refractivity contribution >= 4 is 35.2 Å². The maximum atomic E-state index is 4.49. The highest BCUT2D eigenvalue weighted by atomic mass is 35.5. The predicted octanol–water partition coefficient (Wildman–Crippen LogP) is 2.70. The minimum Gasteiger partial charge on any atom is -0.341 e. The van der Waals surface area contributed by atoms with Gasteiger partial charge in [0.25, 0.3) is 0 Å². The summed E-state index contributed by atoms with van der Waals surface area (Å²) in [7, 11) is 0. The van der Waals surface area contributed by atoms with Crippen molar-refractivity contribution in [3.8, 4) is 0 Å². The Hall–Kier alpha value is -1.53. The second-order valence-electron chi connectivity index (χ2n) is 3.69. The van der Waals surface area contributed by atoms with Gasteiger partial charge in [-0.1, -0.05) is 23.9 Å². The Labute approximate surface area is 114 Å². The summed E-state index contributed by atoms with van der Waals surface area (Å²) >= 11 is 1.56. The standard InChI is InChI=1S/C11H11N5S.ClH/c1-7-12-11(16-15-7)17-6-10-13-8-4-2-3-5-9(8)14-10;/h2-5H,6H2,1H3,(H,13,14)(H,12,15,16);1H. The lowest BCUT2D eigenvalue weighted by molar-refractivity contribution is 0.966. The molecule has 0 aliphatic carbocycles. The lowest BCUT2D eigenvalue weighted by Gasteiger charge is -1.91. The van der Waals surface area contributed by atoms with E-state index in [4.69, 9.17) is 0 Å². The van der Waals surface area contributed by atoms with Crippen molar-refractivity contribution in [2.45, 2.75) is 17.8 Å². The lowest BCUT2D eigenvalue weighted by atomic mass is 10.3. The summed E-state index contributed by atoms with van der Waals surface area (Å²) in [6.07, 6.45) is 0. The highest BCUT2D eigenvalue weighted by Crippen LogP contribution is 2.19. The van der Waals surface area contributed by atoms with E-state index in [1.165, 1.54) is 0 Å². The van der Waals surface area contributed by atoms with Crippen molar-refractivity contribution in [3.05, 3.63) is 35.9 Å². The van der Waals surface area contributed by atoms with Gasteiger partial charge in [0, 0.05) is 0 Å². The van der Waals surface area contributed by atoms with E-state index in [2.05, 4.69) is 25.1 Å². The van der Waals surface area contributed by atoms with Gasteiger partial charge >= 0.3 is 0 Å². The number of aromatic amines is 2. The third-order valence-electron chi connectivity index (χ3n) is 2.35. The van der Waals surface area contributed by atoms with E-state index in [1.807, 2.05) is 31.2 Å². The van der Waals surface area contributed by atoms with Crippen LogP contribution >= 0.6 is 24.2 Å². The molecule has 3 rings (SSSR count). The monoisotopic (exact) mass is 281 g/mol. The van der Waals surface area contributed by atoms with Gasteiger partial charge in [0.15, 0.2) is 0 Å². The molecule has 2 N–H and O–H groups in total. The number of benzene rings is 1. The minimum absolute atomic E-state index is 0. The molecule has 1 aromatic carbocycles. The summed E-state index contributed by atoms with van der Waals surface area (Å²) < 4.78 is 0. The Morgan fingerprint density at radius 2 is 2.06 bits per heavy atom. The lowest BCUT2D eigenvalue weighted by Crippen LogP contribution is -1.84. The van der Waals surface area contributed by atoms with Crippen LogP contribution in [0.3, 0.4) is 0 Å². The van der Waals surface area contributed by atoms with Gasteiger partial charge in [-0.3, -0.25) is 5.10 Å². The van der Waals surface area contributed by atoms with Crippen LogP contribution in [0, 0.1) is 6.92 Å². The fourth-order valence-electron chi connectivity index (χ4n) is 1.59. The zero-order valence-corrected chi connectivity index (χ0v) is 11.3. The van der Waals surface area contributed by atoms with E-state index in [9.17, 15) is 0 Å². The Kier molecular flexibility index (Phi) is 3.88. The van der Waals surface area contributed by atoms with Gasteiger partial charge in [-0.15, -0.1) is 17.5 Å². The predicted molar refractivity (Wildman–Crippen MR) is 74.0 cm³/mol. The zero-order chi connectivity index (χ0) is 11.7. The van der Waals surface area contributed by atoms with Crippen LogP contribution < -0.4 is 0 Å². The van der Waals surface area contributed by atoms with Crippen LogP contribution in [0.5, 0.6) is 0 Å². The largest absolute Gasteiger partial charge is 0.341 e. The molecule has 0 spiro atoms. The Morgan fingerprint density at radius 3 is 2.78 bits per heavy atom. The molecule has 0 atom stereocenters. The molecule has 0 saturated carbocycles. The van der Waals surface area contributed by atoms with Crippen molar-refractivity contribution in [1.29, 1.82) is 0 Å². The molecule has 5 nitrogen and oxygen atoms in total. The molecule has 0 amide bonds. The molecule has 0 bridgehead atoms. The number of thioether (sulfide) groups is 1. The molecule has 3 aromatic rings. The molecule has 94 valence electrons. The summed E-state index contributed by atoms with van der Waals surface area (Å²) in [6.45, 7) is 1.89. The van der Waals surface area contributed by atoms with Crippen LogP contribution in [-0.4, -0.2) is 25.1 Å². The van der Waals surface area contributed by atoms with Crippen LogP contribution in [0.15, 0.2) is 29.4 Å². The summed E-state index contributed by atoms with van der Waals surface area (Å²) in [5.41, 5.74) is 2.06. The third-order valence-corrected chi connectivity index (χ3v) is 3.21. The van der Waals surface area contributed by atoms with Gasteiger partial charge in [0.1, 0.15) is 11.6 Å². The highest BCUT2D eigenvalue weighted by Gasteiger charge is 2.05. The molecule has 0 aliphatic heterocycles. The molecule has 7 heteroatoms. The normalized spacial score (nSPS) is 10.5. The Morgan fingerprint density at radius 1 is 1.22 bits per heavy atom. The number of nitrogens with one attached hydrogen (secondary N) is 2. The number of imidazole rings is 1. The second kappa shape index (κ2) is 5.41. The number of halogens is 1. The fraction of sp³-hybridized carbons (Fsp3) is 0.182. The first-order chi connectivity index (χ1) is 8.31. The number of rotatable bonds is 3. The quantitative estimate of drug-likeness (QED) is 0.724. The average molecular weight is 282 g/mol. The first-order valence-corrected chi connectivity index (χ1v) is 6.25. The summed E-state index contributed by atoms with van der Waals surface area (Å²) in [6, 6.07) is 8.00. The van der Waals surface area contributed by atoms with Gasteiger partial charge in [-0.05, 0) is 19.1 Å². The molecule has 2 heterocycles. The molecule has 0 radical (unpaired) electrons. The van der Waals surface area contributed by atoms with Crippen molar-refractivity contribution in [2.24, 2.45) is 0 Å². The highest BCUT2D eigenvalue weighted by molar-refractivity contribution is 7.98. The number of hydrogen-bond acceptors (Lipinski definition) is 4. The third kappa shape index (κ3) is 2.65. The molecule has 18 heavy (non-hydrogen) atoms. The molecule has 0 saturated heterocycles. The zero-order valence-electron chi connectivity index (χ0n) is 9.67. The topological polar surface area (TPSA) is 70.2 Å². The van der Waals surface area contributed by atoms with Gasteiger partial charge in [0.2, 0.25) is 5.16 Å². The number of para-hydroxylation sites is 2. The number of aryl methyl sites for hydroxylation is 1. The van der Waals surface area contributed by atoms with E-state index < -0.39 is 0 Å². The minimum atomic E-state index is 0. The molecular formula is C11H12ClN5S. The maximum Gasteiger partial charge on any atom is 0.208 e. The Bertz CT molecular complexity index is 614. The van der Waals surface area contributed by atoms with Gasteiger partial charge < -0.3 is 4.98 Å². The number of fused-ring (bicyclic) bond motifs is 1. The number of H-pyrrole nitrogens is 2. The van der Waals surface area contributed by atoms with Crippen molar-refractivity contribution < 1.29 is 0 Å². The van der Waals surface area contributed by atoms with Crippen LogP contribution in [0.4, 0.5) is 0 Å². The van der Waals surface area contributed by atoms with E-state index in [1.54, 1.807) is 11.8 Å². The first-order valence-electron chi connectivity index (χ1n) is 5.27. The van der Waals surface area contributed by atoms with E-state index >= 15 is 0 Å². The number of hydrogen-bond donors (Lipinski definition) is 2. The smallest absolute Gasteiger partial charge is 0.208 e. The van der Waals surface area contributed by atoms with E-state index in [0.717, 1.165) is 33.6 Å². The molecule has 0 unspecified atom stereocenters. The molecule has 0 aliphatic rings. The Balaban J connectivity index is 0.00000120. The maximum absolute atomic E-state index is 4.49. The second-order valence-corrected chi connectivity index (χ2v) is 4.64. The van der Waals surface area contributed by atoms with Crippen LogP contribution in [-0.2, 0) is 5.75 Å². The van der Waals surface area contributed by atoms with Crippen molar-refractivity contribution in [2.75, 3.05) is 0 Å². The summed E-state index contributed by atoms with van der Waals surface area (Å²) in [5.74, 6) is 2.52.